The van der Waals surface area contributed by atoms with Gasteiger partial charge < -0.3 is 14.2 Å². The summed E-state index contributed by atoms with van der Waals surface area (Å²) in [6, 6.07) is 0. The van der Waals surface area contributed by atoms with Crippen LogP contribution in [0.3, 0.4) is 0 Å². The summed E-state index contributed by atoms with van der Waals surface area (Å²) in [6.45, 7) is 5.37. The molecule has 3 atom stereocenters. The van der Waals surface area contributed by atoms with Gasteiger partial charge in [0, 0.05) is 18.9 Å². The van der Waals surface area contributed by atoms with Gasteiger partial charge in [-0.15, -0.1) is 0 Å². The molecule has 2 fully saturated rings. The van der Waals surface area contributed by atoms with Crippen LogP contribution in [0.4, 0.5) is 0 Å². The van der Waals surface area contributed by atoms with E-state index in [-0.39, 0.29) is 5.79 Å². The molecule has 0 aromatic rings. The molecule has 2 aliphatic carbocycles. The zero-order valence-electron chi connectivity index (χ0n) is 12.0. The number of allylic oxidation sites excluding steroid dienone is 2. The van der Waals surface area contributed by atoms with Crippen molar-refractivity contribution >= 4 is 0 Å². The Hall–Kier alpha value is -0.380. The maximum Gasteiger partial charge on any atom is 0.174 e. The van der Waals surface area contributed by atoms with Crippen LogP contribution in [0.2, 0.25) is 0 Å². The second-order valence-electron chi connectivity index (χ2n) is 6.11. The quantitative estimate of drug-likeness (QED) is 0.565. The molecule has 1 saturated heterocycles. The molecule has 0 aromatic carbocycles. The number of hydrogen-bond donors (Lipinski definition) is 0. The minimum Gasteiger partial charge on any atom is -0.381 e. The molecule has 0 bridgehead atoms. The Labute approximate surface area is 116 Å². The van der Waals surface area contributed by atoms with Gasteiger partial charge in [-0.2, -0.15) is 0 Å². The molecule has 0 aromatic heterocycles. The maximum absolute atomic E-state index is 6.03. The maximum atomic E-state index is 6.03. The van der Waals surface area contributed by atoms with E-state index in [9.17, 15) is 0 Å². The fraction of sp³-hybridized carbons (Fsp3) is 0.875. The predicted octanol–water partition coefficient (Wildman–Crippen LogP) is 3.15. The average molecular weight is 266 g/mol. The smallest absolute Gasteiger partial charge is 0.174 e. The number of fused-ring (bicyclic) bond motifs is 1. The Kier molecular flexibility index (Phi) is 4.25. The lowest BCUT2D eigenvalue weighted by molar-refractivity contribution is -0.197. The van der Waals surface area contributed by atoms with E-state index >= 15 is 0 Å². The Morgan fingerprint density at radius 1 is 1.21 bits per heavy atom. The number of rotatable bonds is 5. The molecule has 3 nitrogen and oxygen atoms in total. The summed E-state index contributed by atoms with van der Waals surface area (Å²) in [5.41, 5.74) is 0. The van der Waals surface area contributed by atoms with Gasteiger partial charge >= 0.3 is 0 Å². The molecule has 0 unspecified atom stereocenters. The fourth-order valence-corrected chi connectivity index (χ4v) is 3.97. The van der Waals surface area contributed by atoms with Crippen molar-refractivity contribution in [3.8, 4) is 0 Å². The van der Waals surface area contributed by atoms with Crippen molar-refractivity contribution < 1.29 is 14.2 Å². The number of hydrogen-bond acceptors (Lipinski definition) is 3. The van der Waals surface area contributed by atoms with Gasteiger partial charge in [0.05, 0.1) is 19.8 Å². The van der Waals surface area contributed by atoms with Crippen molar-refractivity contribution in [2.24, 2.45) is 17.8 Å². The average Bonchev–Trinajstić information content (AvgIpc) is 3.01. The van der Waals surface area contributed by atoms with Gasteiger partial charge in [-0.25, -0.2) is 0 Å². The second kappa shape index (κ2) is 5.94. The minimum atomic E-state index is -0.326. The first kappa shape index (κ1) is 13.6. The van der Waals surface area contributed by atoms with Gasteiger partial charge in [0.25, 0.3) is 0 Å². The molecule has 3 heteroatoms. The molecule has 1 aliphatic heterocycles. The molecule has 1 saturated carbocycles. The first-order valence-electron chi connectivity index (χ1n) is 7.86. The van der Waals surface area contributed by atoms with Gasteiger partial charge in [0.1, 0.15) is 0 Å². The highest BCUT2D eigenvalue weighted by atomic mass is 16.7. The molecule has 3 rings (SSSR count). The summed E-state index contributed by atoms with van der Waals surface area (Å²) < 4.78 is 18.0. The standard InChI is InChI=1S/C16H26O3/c1-2-3-8-17-12-15-14-7-5-4-6-13(14)11-16(15)18-9-10-19-16/h4-5,13-15H,2-3,6-12H2,1H3/t13-,14+,15-/m0/s1. The van der Waals surface area contributed by atoms with Crippen LogP contribution in [0.1, 0.15) is 39.0 Å². The SMILES string of the molecule is CCCCOC[C@H]1[C@@H]2CC=CC[C@H]2CC12OCCO2. The fourth-order valence-electron chi connectivity index (χ4n) is 3.97. The van der Waals surface area contributed by atoms with E-state index in [0.717, 1.165) is 45.2 Å². The van der Waals surface area contributed by atoms with Crippen molar-refractivity contribution in [3.05, 3.63) is 12.2 Å². The lowest BCUT2D eigenvalue weighted by Gasteiger charge is -2.32. The Morgan fingerprint density at radius 3 is 2.79 bits per heavy atom. The predicted molar refractivity (Wildman–Crippen MR) is 73.8 cm³/mol. The summed E-state index contributed by atoms with van der Waals surface area (Å²) in [6.07, 6.45) is 10.4. The highest BCUT2D eigenvalue weighted by Crippen LogP contribution is 2.53. The minimum absolute atomic E-state index is 0.326. The van der Waals surface area contributed by atoms with E-state index in [4.69, 9.17) is 14.2 Å². The highest BCUT2D eigenvalue weighted by molar-refractivity contribution is 5.06. The van der Waals surface area contributed by atoms with Crippen LogP contribution in [0.25, 0.3) is 0 Å². The molecule has 1 heterocycles. The van der Waals surface area contributed by atoms with Gasteiger partial charge in [-0.3, -0.25) is 0 Å². The summed E-state index contributed by atoms with van der Waals surface area (Å²) in [4.78, 5) is 0. The van der Waals surface area contributed by atoms with Crippen LogP contribution in [-0.2, 0) is 14.2 Å². The van der Waals surface area contributed by atoms with Crippen LogP contribution >= 0.6 is 0 Å². The van der Waals surface area contributed by atoms with E-state index in [2.05, 4.69) is 19.1 Å². The topological polar surface area (TPSA) is 27.7 Å². The largest absolute Gasteiger partial charge is 0.381 e. The van der Waals surface area contributed by atoms with Gasteiger partial charge in [0.2, 0.25) is 0 Å². The third-order valence-electron chi connectivity index (χ3n) is 4.96. The summed E-state index contributed by atoms with van der Waals surface area (Å²) in [5, 5.41) is 0. The second-order valence-corrected chi connectivity index (χ2v) is 6.11. The van der Waals surface area contributed by atoms with Crippen molar-refractivity contribution in [1.29, 1.82) is 0 Å². The van der Waals surface area contributed by atoms with Crippen LogP contribution in [-0.4, -0.2) is 32.2 Å². The first-order chi connectivity index (χ1) is 9.36. The third kappa shape index (κ3) is 2.61. The summed E-state index contributed by atoms with van der Waals surface area (Å²) in [7, 11) is 0. The summed E-state index contributed by atoms with van der Waals surface area (Å²) in [5.74, 6) is 1.50. The molecule has 19 heavy (non-hydrogen) atoms. The van der Waals surface area contributed by atoms with Crippen molar-refractivity contribution in [2.75, 3.05) is 26.4 Å². The lowest BCUT2D eigenvalue weighted by Crippen LogP contribution is -2.39. The zero-order valence-corrected chi connectivity index (χ0v) is 12.0. The molecule has 0 radical (unpaired) electrons. The van der Waals surface area contributed by atoms with Crippen LogP contribution in [0, 0.1) is 17.8 Å². The highest BCUT2D eigenvalue weighted by Gasteiger charge is 2.56. The van der Waals surface area contributed by atoms with Gasteiger partial charge in [-0.05, 0) is 31.1 Å². The summed E-state index contributed by atoms with van der Waals surface area (Å²) >= 11 is 0. The molecular formula is C16H26O3. The molecule has 1 spiro atoms. The van der Waals surface area contributed by atoms with E-state index < -0.39 is 0 Å². The van der Waals surface area contributed by atoms with Gasteiger partial charge in [0.15, 0.2) is 5.79 Å². The van der Waals surface area contributed by atoms with Gasteiger partial charge in [-0.1, -0.05) is 25.5 Å². The number of unbranched alkanes of at least 4 members (excludes halogenated alkanes) is 1. The van der Waals surface area contributed by atoms with E-state index in [1.54, 1.807) is 0 Å². The van der Waals surface area contributed by atoms with E-state index in [1.807, 2.05) is 0 Å². The third-order valence-corrected chi connectivity index (χ3v) is 4.96. The monoisotopic (exact) mass is 266 g/mol. The zero-order chi connectivity index (χ0) is 13.1. The normalized spacial score (nSPS) is 35.9. The number of ether oxygens (including phenoxy) is 3. The molecule has 108 valence electrons. The molecular weight excluding hydrogens is 240 g/mol. The first-order valence-corrected chi connectivity index (χ1v) is 7.86. The van der Waals surface area contributed by atoms with E-state index in [1.165, 1.54) is 19.3 Å². The Bertz CT molecular complexity index is 320. The van der Waals surface area contributed by atoms with Crippen LogP contribution < -0.4 is 0 Å². The van der Waals surface area contributed by atoms with Crippen molar-refractivity contribution in [3.63, 3.8) is 0 Å². The molecule has 0 amide bonds. The van der Waals surface area contributed by atoms with Crippen molar-refractivity contribution in [1.82, 2.24) is 0 Å². The molecule has 0 N–H and O–H groups in total. The van der Waals surface area contributed by atoms with Crippen LogP contribution in [0.5, 0.6) is 0 Å². The van der Waals surface area contributed by atoms with E-state index in [0.29, 0.717) is 11.8 Å². The van der Waals surface area contributed by atoms with Crippen molar-refractivity contribution in [2.45, 2.75) is 44.8 Å². The van der Waals surface area contributed by atoms with Crippen LogP contribution in [0.15, 0.2) is 12.2 Å². The Balaban J connectivity index is 1.66. The lowest BCUT2D eigenvalue weighted by atomic mass is 9.81. The Morgan fingerprint density at radius 2 is 2.00 bits per heavy atom. The molecule has 3 aliphatic rings.